The third-order valence-electron chi connectivity index (χ3n) is 3.22. The number of rotatable bonds is 2. The molecule has 1 atom stereocenters. The van der Waals surface area contributed by atoms with Crippen molar-refractivity contribution in [3.05, 3.63) is 34.9 Å². The average Bonchev–Trinajstić information content (AvgIpc) is 2.36. The highest BCUT2D eigenvalue weighted by atomic mass is 16.5. The van der Waals surface area contributed by atoms with E-state index in [0.717, 1.165) is 24.8 Å². The number of aryl methyl sites for hydroxylation is 1. The number of methoxy groups -OCH3 is 1. The number of benzene rings is 1. The molecule has 0 heterocycles. The van der Waals surface area contributed by atoms with Crippen LogP contribution in [-0.2, 0) is 29.0 Å². The molecule has 1 aromatic rings. The molecule has 3 nitrogen and oxygen atoms in total. The van der Waals surface area contributed by atoms with Gasteiger partial charge in [-0.2, -0.15) is 0 Å². The topological polar surface area (TPSA) is 46.5 Å². The van der Waals surface area contributed by atoms with Crippen molar-refractivity contribution >= 4 is 5.97 Å². The number of esters is 1. The molecule has 0 aliphatic heterocycles. The molecule has 0 spiro atoms. The number of carbonyl (C=O) groups excluding carboxylic acids is 1. The smallest absolute Gasteiger partial charge is 0.309 e. The van der Waals surface area contributed by atoms with E-state index in [2.05, 4.69) is 0 Å². The Balaban J connectivity index is 2.18. The van der Waals surface area contributed by atoms with Gasteiger partial charge in [-0.1, -0.05) is 18.2 Å². The largest absolute Gasteiger partial charge is 0.469 e. The van der Waals surface area contributed by atoms with Crippen LogP contribution in [0.15, 0.2) is 18.2 Å². The molecule has 86 valence electrons. The van der Waals surface area contributed by atoms with Gasteiger partial charge in [0.05, 0.1) is 19.6 Å². The normalized spacial score (nSPS) is 19.0. The predicted octanol–water partition coefficient (Wildman–Crippen LogP) is 1.46. The Morgan fingerprint density at radius 3 is 3.00 bits per heavy atom. The molecular formula is C13H16O3. The van der Waals surface area contributed by atoms with E-state index in [1.165, 1.54) is 18.2 Å². The summed E-state index contributed by atoms with van der Waals surface area (Å²) in [5, 5.41) is 9.04. The Morgan fingerprint density at radius 2 is 2.31 bits per heavy atom. The van der Waals surface area contributed by atoms with Crippen LogP contribution in [-0.4, -0.2) is 18.2 Å². The molecule has 1 unspecified atom stereocenters. The maximum atomic E-state index is 11.4. The second-order valence-electron chi connectivity index (χ2n) is 4.22. The fourth-order valence-electron chi connectivity index (χ4n) is 2.27. The van der Waals surface area contributed by atoms with Crippen LogP contribution in [0.25, 0.3) is 0 Å². The van der Waals surface area contributed by atoms with E-state index < -0.39 is 0 Å². The standard InChI is InChI=1S/C13H16O3/c1-16-13(15)12-5-4-10-6-9(8-14)2-3-11(10)7-12/h2-3,6,12,14H,4-5,7-8H2,1H3. The van der Waals surface area contributed by atoms with E-state index in [-0.39, 0.29) is 18.5 Å². The van der Waals surface area contributed by atoms with Gasteiger partial charge in [0, 0.05) is 0 Å². The number of fused-ring (bicyclic) bond motifs is 1. The fourth-order valence-corrected chi connectivity index (χ4v) is 2.27. The van der Waals surface area contributed by atoms with E-state index in [4.69, 9.17) is 9.84 Å². The molecule has 1 aliphatic carbocycles. The van der Waals surface area contributed by atoms with Crippen molar-refractivity contribution in [2.24, 2.45) is 5.92 Å². The second-order valence-corrected chi connectivity index (χ2v) is 4.22. The van der Waals surface area contributed by atoms with Gasteiger partial charge >= 0.3 is 5.97 Å². The maximum absolute atomic E-state index is 11.4. The first-order valence-corrected chi connectivity index (χ1v) is 5.54. The van der Waals surface area contributed by atoms with E-state index >= 15 is 0 Å². The van der Waals surface area contributed by atoms with E-state index in [1.54, 1.807) is 0 Å². The zero-order valence-corrected chi connectivity index (χ0v) is 9.40. The van der Waals surface area contributed by atoms with Gasteiger partial charge in [-0.15, -0.1) is 0 Å². The summed E-state index contributed by atoms with van der Waals surface area (Å²) in [4.78, 5) is 11.4. The minimum atomic E-state index is -0.114. The second kappa shape index (κ2) is 4.66. The minimum Gasteiger partial charge on any atom is -0.469 e. The van der Waals surface area contributed by atoms with Gasteiger partial charge in [0.2, 0.25) is 0 Å². The number of aliphatic hydroxyl groups is 1. The van der Waals surface area contributed by atoms with Crippen LogP contribution in [0, 0.1) is 5.92 Å². The average molecular weight is 220 g/mol. The van der Waals surface area contributed by atoms with Crippen LogP contribution in [0.1, 0.15) is 23.1 Å². The van der Waals surface area contributed by atoms with Crippen molar-refractivity contribution in [3.63, 3.8) is 0 Å². The number of hydrogen-bond donors (Lipinski definition) is 1. The van der Waals surface area contributed by atoms with Crippen LogP contribution in [0.4, 0.5) is 0 Å². The van der Waals surface area contributed by atoms with Gasteiger partial charge in [0.25, 0.3) is 0 Å². The van der Waals surface area contributed by atoms with Gasteiger partial charge in [0.1, 0.15) is 0 Å². The highest BCUT2D eigenvalue weighted by Gasteiger charge is 2.25. The molecule has 0 amide bonds. The molecule has 1 N–H and O–H groups in total. The maximum Gasteiger partial charge on any atom is 0.309 e. The van der Waals surface area contributed by atoms with Crippen molar-refractivity contribution in [3.8, 4) is 0 Å². The Bertz CT molecular complexity index is 398. The number of hydrogen-bond acceptors (Lipinski definition) is 3. The van der Waals surface area contributed by atoms with Crippen LogP contribution >= 0.6 is 0 Å². The lowest BCUT2D eigenvalue weighted by Crippen LogP contribution is -2.23. The summed E-state index contributed by atoms with van der Waals surface area (Å²) in [6, 6.07) is 5.96. The van der Waals surface area contributed by atoms with Crippen molar-refractivity contribution in [1.29, 1.82) is 0 Å². The predicted molar refractivity (Wildman–Crippen MR) is 59.9 cm³/mol. The van der Waals surface area contributed by atoms with Crippen molar-refractivity contribution in [2.75, 3.05) is 7.11 Å². The first-order chi connectivity index (χ1) is 7.74. The highest BCUT2D eigenvalue weighted by Crippen LogP contribution is 2.27. The number of aliphatic hydroxyl groups excluding tert-OH is 1. The third kappa shape index (κ3) is 2.09. The van der Waals surface area contributed by atoms with Gasteiger partial charge < -0.3 is 9.84 Å². The zero-order chi connectivity index (χ0) is 11.5. The molecule has 0 fully saturated rings. The summed E-state index contributed by atoms with van der Waals surface area (Å²) in [5.41, 5.74) is 3.40. The Kier molecular flexibility index (Phi) is 3.25. The molecule has 0 saturated carbocycles. The molecule has 2 rings (SSSR count). The minimum absolute atomic E-state index is 0.00234. The van der Waals surface area contributed by atoms with Gasteiger partial charge in [-0.05, 0) is 36.0 Å². The number of ether oxygens (including phenoxy) is 1. The summed E-state index contributed by atoms with van der Waals surface area (Å²) in [6.45, 7) is 0.0771. The molecule has 1 aromatic carbocycles. The van der Waals surface area contributed by atoms with Gasteiger partial charge in [0.15, 0.2) is 0 Å². The fraction of sp³-hybridized carbons (Fsp3) is 0.462. The lowest BCUT2D eigenvalue weighted by atomic mass is 9.83. The van der Waals surface area contributed by atoms with E-state index in [0.29, 0.717) is 0 Å². The van der Waals surface area contributed by atoms with Crippen LogP contribution < -0.4 is 0 Å². The molecule has 0 aromatic heterocycles. The summed E-state index contributed by atoms with van der Waals surface area (Å²) in [5.74, 6) is -0.116. The first-order valence-electron chi connectivity index (χ1n) is 5.54. The first kappa shape index (κ1) is 11.1. The number of carbonyl (C=O) groups is 1. The molecule has 0 radical (unpaired) electrons. The third-order valence-corrected chi connectivity index (χ3v) is 3.22. The Morgan fingerprint density at radius 1 is 1.50 bits per heavy atom. The van der Waals surface area contributed by atoms with Crippen molar-refractivity contribution in [1.82, 2.24) is 0 Å². The molecule has 16 heavy (non-hydrogen) atoms. The monoisotopic (exact) mass is 220 g/mol. The van der Waals surface area contributed by atoms with E-state index in [1.807, 2.05) is 18.2 Å². The van der Waals surface area contributed by atoms with Gasteiger partial charge in [-0.25, -0.2) is 0 Å². The van der Waals surface area contributed by atoms with Crippen LogP contribution in [0.5, 0.6) is 0 Å². The lowest BCUT2D eigenvalue weighted by molar-refractivity contribution is -0.145. The summed E-state index contributed by atoms with van der Waals surface area (Å²) in [7, 11) is 1.44. The Hall–Kier alpha value is -1.35. The highest BCUT2D eigenvalue weighted by molar-refractivity contribution is 5.73. The SMILES string of the molecule is COC(=O)C1CCc2cc(CO)ccc2C1. The van der Waals surface area contributed by atoms with Crippen molar-refractivity contribution in [2.45, 2.75) is 25.9 Å². The van der Waals surface area contributed by atoms with Crippen LogP contribution in [0.2, 0.25) is 0 Å². The molecule has 0 bridgehead atoms. The summed E-state index contributed by atoms with van der Waals surface area (Å²) >= 11 is 0. The Labute approximate surface area is 95.0 Å². The summed E-state index contributed by atoms with van der Waals surface area (Å²) < 4.78 is 4.77. The summed E-state index contributed by atoms with van der Waals surface area (Å²) in [6.07, 6.45) is 2.49. The lowest BCUT2D eigenvalue weighted by Gasteiger charge is -2.23. The van der Waals surface area contributed by atoms with Crippen molar-refractivity contribution < 1.29 is 14.6 Å². The molecular weight excluding hydrogens is 204 g/mol. The molecule has 0 saturated heterocycles. The zero-order valence-electron chi connectivity index (χ0n) is 9.40. The molecule has 3 heteroatoms. The van der Waals surface area contributed by atoms with E-state index in [9.17, 15) is 4.79 Å². The van der Waals surface area contributed by atoms with Crippen LogP contribution in [0.3, 0.4) is 0 Å². The molecule has 1 aliphatic rings. The quantitative estimate of drug-likeness (QED) is 0.767. The van der Waals surface area contributed by atoms with Gasteiger partial charge in [-0.3, -0.25) is 4.79 Å².